The molecule has 0 saturated carbocycles. The summed E-state index contributed by atoms with van der Waals surface area (Å²) in [5.41, 5.74) is 7.23. The first-order chi connectivity index (χ1) is 8.99. The van der Waals surface area contributed by atoms with Crippen LogP contribution < -0.4 is 11.1 Å². The minimum Gasteiger partial charge on any atom is -0.326 e. The molecule has 0 spiro atoms. The van der Waals surface area contributed by atoms with Crippen molar-refractivity contribution >= 4 is 11.7 Å². The van der Waals surface area contributed by atoms with E-state index in [-0.39, 0.29) is 12.1 Å². The third kappa shape index (κ3) is 2.97. The Kier molecular flexibility index (Phi) is 3.62. The molecular weight excluding hydrogens is 247 g/mol. The van der Waals surface area contributed by atoms with E-state index in [9.17, 15) is 9.18 Å². The molecule has 0 radical (unpaired) electrons. The highest BCUT2D eigenvalue weighted by Gasteiger charge is 2.12. The average Bonchev–Trinajstić information content (AvgIpc) is 2.68. The maximum atomic E-state index is 13.3. The number of rotatable bonds is 3. The van der Waals surface area contributed by atoms with Crippen LogP contribution in [0.15, 0.2) is 24.4 Å². The van der Waals surface area contributed by atoms with Gasteiger partial charge in [-0.2, -0.15) is 5.10 Å². The molecule has 3 N–H and O–H groups in total. The van der Waals surface area contributed by atoms with Gasteiger partial charge in [0.05, 0.1) is 0 Å². The van der Waals surface area contributed by atoms with Gasteiger partial charge >= 0.3 is 0 Å². The van der Waals surface area contributed by atoms with Crippen LogP contribution in [0.4, 0.5) is 10.2 Å². The maximum Gasteiger partial charge on any atom is 0.256 e. The van der Waals surface area contributed by atoms with E-state index in [1.807, 2.05) is 0 Å². The first-order valence-electron chi connectivity index (χ1n) is 5.80. The van der Waals surface area contributed by atoms with Crippen LogP contribution in [-0.4, -0.2) is 15.7 Å². The molecule has 0 aliphatic heterocycles. The average molecular weight is 262 g/mol. The van der Waals surface area contributed by atoms with E-state index in [1.54, 1.807) is 30.9 Å². The number of hydrogen-bond donors (Lipinski definition) is 2. The number of aryl methyl sites for hydroxylation is 2. The summed E-state index contributed by atoms with van der Waals surface area (Å²) in [6, 6.07) is 4.17. The second-order valence-corrected chi connectivity index (χ2v) is 4.35. The predicted octanol–water partition coefficient (Wildman–Crippen LogP) is 1.58. The fourth-order valence-electron chi connectivity index (χ4n) is 1.84. The van der Waals surface area contributed by atoms with E-state index in [2.05, 4.69) is 10.4 Å². The van der Waals surface area contributed by atoms with Gasteiger partial charge in [-0.15, -0.1) is 0 Å². The van der Waals surface area contributed by atoms with Crippen molar-refractivity contribution in [2.45, 2.75) is 13.5 Å². The van der Waals surface area contributed by atoms with Crippen molar-refractivity contribution in [2.24, 2.45) is 12.8 Å². The van der Waals surface area contributed by atoms with Crippen LogP contribution in [0.3, 0.4) is 0 Å². The Morgan fingerprint density at radius 2 is 2.21 bits per heavy atom. The van der Waals surface area contributed by atoms with Crippen molar-refractivity contribution in [1.82, 2.24) is 9.78 Å². The quantitative estimate of drug-likeness (QED) is 0.882. The second-order valence-electron chi connectivity index (χ2n) is 4.35. The fourth-order valence-corrected chi connectivity index (χ4v) is 1.84. The van der Waals surface area contributed by atoms with E-state index < -0.39 is 11.7 Å². The van der Waals surface area contributed by atoms with Crippen molar-refractivity contribution in [3.8, 4) is 0 Å². The van der Waals surface area contributed by atoms with Crippen LogP contribution in [0, 0.1) is 12.7 Å². The molecule has 1 heterocycles. The molecule has 2 rings (SSSR count). The SMILES string of the molecule is Cc1cc(F)cc(C(=O)Nc2nn(C)cc2CN)c1. The second kappa shape index (κ2) is 5.19. The number of benzene rings is 1. The van der Waals surface area contributed by atoms with Crippen LogP contribution >= 0.6 is 0 Å². The molecule has 1 aromatic carbocycles. The number of aromatic nitrogens is 2. The Morgan fingerprint density at radius 3 is 2.84 bits per heavy atom. The van der Waals surface area contributed by atoms with Gasteiger partial charge < -0.3 is 11.1 Å². The highest BCUT2D eigenvalue weighted by molar-refractivity contribution is 6.04. The van der Waals surface area contributed by atoms with E-state index in [1.165, 1.54) is 12.1 Å². The zero-order valence-electron chi connectivity index (χ0n) is 10.8. The lowest BCUT2D eigenvalue weighted by molar-refractivity contribution is 0.102. The summed E-state index contributed by atoms with van der Waals surface area (Å²) in [5.74, 6) is -0.446. The van der Waals surface area contributed by atoms with Crippen molar-refractivity contribution in [3.63, 3.8) is 0 Å². The van der Waals surface area contributed by atoms with Crippen molar-refractivity contribution in [1.29, 1.82) is 0 Å². The Balaban J connectivity index is 2.25. The lowest BCUT2D eigenvalue weighted by Gasteiger charge is -2.05. The molecule has 100 valence electrons. The van der Waals surface area contributed by atoms with Gasteiger partial charge in [0, 0.05) is 30.9 Å². The highest BCUT2D eigenvalue weighted by atomic mass is 19.1. The molecule has 19 heavy (non-hydrogen) atoms. The first-order valence-corrected chi connectivity index (χ1v) is 5.80. The van der Waals surface area contributed by atoms with Crippen LogP contribution in [-0.2, 0) is 13.6 Å². The Labute approximate surface area is 110 Å². The van der Waals surface area contributed by atoms with Gasteiger partial charge in [-0.1, -0.05) is 0 Å². The summed E-state index contributed by atoms with van der Waals surface area (Å²) in [7, 11) is 1.74. The number of anilines is 1. The van der Waals surface area contributed by atoms with Gasteiger partial charge in [-0.05, 0) is 30.7 Å². The molecular formula is C13H15FN4O. The Morgan fingerprint density at radius 1 is 1.47 bits per heavy atom. The summed E-state index contributed by atoms with van der Waals surface area (Å²) in [6.07, 6.45) is 1.73. The van der Waals surface area contributed by atoms with Crippen LogP contribution in [0.25, 0.3) is 0 Å². The van der Waals surface area contributed by atoms with Gasteiger partial charge in [0.15, 0.2) is 5.82 Å². The molecule has 1 aromatic heterocycles. The van der Waals surface area contributed by atoms with Crippen molar-refractivity contribution in [2.75, 3.05) is 5.32 Å². The minimum absolute atomic E-state index is 0.256. The topological polar surface area (TPSA) is 72.9 Å². The molecule has 0 atom stereocenters. The number of carbonyl (C=O) groups excluding carboxylic acids is 1. The molecule has 6 heteroatoms. The molecule has 1 amide bonds. The van der Waals surface area contributed by atoms with Crippen LogP contribution in [0.2, 0.25) is 0 Å². The summed E-state index contributed by atoms with van der Waals surface area (Å²) in [6.45, 7) is 2.00. The molecule has 2 aromatic rings. The van der Waals surface area contributed by atoms with E-state index >= 15 is 0 Å². The lowest BCUT2D eigenvalue weighted by Crippen LogP contribution is -2.14. The van der Waals surface area contributed by atoms with Gasteiger partial charge in [-0.3, -0.25) is 9.48 Å². The number of nitrogens with zero attached hydrogens (tertiary/aromatic N) is 2. The number of nitrogens with one attached hydrogen (secondary N) is 1. The summed E-state index contributed by atoms with van der Waals surface area (Å²) >= 11 is 0. The van der Waals surface area contributed by atoms with Crippen molar-refractivity contribution in [3.05, 3.63) is 46.9 Å². The van der Waals surface area contributed by atoms with E-state index in [4.69, 9.17) is 5.73 Å². The minimum atomic E-state index is -0.440. The number of carbonyl (C=O) groups is 1. The molecule has 0 bridgehead atoms. The molecule has 0 fully saturated rings. The van der Waals surface area contributed by atoms with Crippen LogP contribution in [0.5, 0.6) is 0 Å². The zero-order chi connectivity index (χ0) is 14.0. The monoisotopic (exact) mass is 262 g/mol. The summed E-state index contributed by atoms with van der Waals surface area (Å²) < 4.78 is 14.8. The number of hydrogen-bond acceptors (Lipinski definition) is 3. The molecule has 0 aliphatic rings. The van der Waals surface area contributed by atoms with Gasteiger partial charge in [0.1, 0.15) is 5.82 Å². The number of halogens is 1. The maximum absolute atomic E-state index is 13.3. The van der Waals surface area contributed by atoms with Gasteiger partial charge in [-0.25, -0.2) is 4.39 Å². The Bertz CT molecular complexity index is 601. The van der Waals surface area contributed by atoms with E-state index in [0.29, 0.717) is 11.4 Å². The normalized spacial score (nSPS) is 10.5. The summed E-state index contributed by atoms with van der Waals surface area (Å²) in [5, 5.41) is 6.74. The smallest absolute Gasteiger partial charge is 0.256 e. The lowest BCUT2D eigenvalue weighted by atomic mass is 10.1. The highest BCUT2D eigenvalue weighted by Crippen LogP contribution is 2.14. The van der Waals surface area contributed by atoms with Crippen LogP contribution in [0.1, 0.15) is 21.5 Å². The largest absolute Gasteiger partial charge is 0.326 e. The standard InChI is InChI=1S/C13H15FN4O/c1-8-3-9(5-11(14)4-8)13(19)16-12-10(6-15)7-18(2)17-12/h3-5,7H,6,15H2,1-2H3,(H,16,17,19). The molecule has 0 aliphatic carbocycles. The van der Waals surface area contributed by atoms with Crippen molar-refractivity contribution < 1.29 is 9.18 Å². The third-order valence-electron chi connectivity index (χ3n) is 2.66. The summed E-state index contributed by atoms with van der Waals surface area (Å²) in [4.78, 5) is 12.0. The Hall–Kier alpha value is -2.21. The van der Waals surface area contributed by atoms with Gasteiger partial charge in [0.2, 0.25) is 0 Å². The predicted molar refractivity (Wildman–Crippen MR) is 70.2 cm³/mol. The number of amides is 1. The fraction of sp³-hybridized carbons (Fsp3) is 0.231. The van der Waals surface area contributed by atoms with E-state index in [0.717, 1.165) is 5.56 Å². The number of nitrogens with two attached hydrogens (primary N) is 1. The first kappa shape index (κ1) is 13.2. The zero-order valence-corrected chi connectivity index (χ0v) is 10.8. The molecule has 5 nitrogen and oxygen atoms in total. The van der Waals surface area contributed by atoms with Gasteiger partial charge in [0.25, 0.3) is 5.91 Å². The molecule has 0 saturated heterocycles. The third-order valence-corrected chi connectivity index (χ3v) is 2.66. The molecule has 0 unspecified atom stereocenters.